The molecule has 0 saturated heterocycles. The number of benzene rings is 1. The van der Waals surface area contributed by atoms with Gasteiger partial charge < -0.3 is 9.88 Å². The predicted octanol–water partition coefficient (Wildman–Crippen LogP) is 2.46. The van der Waals surface area contributed by atoms with Gasteiger partial charge in [0.1, 0.15) is 0 Å². The molecule has 2 aromatic heterocycles. The SMILES string of the molecule is O=C(CCn1ccc2ccccc21)Nc1cnccn1. The van der Waals surface area contributed by atoms with E-state index >= 15 is 0 Å². The molecule has 2 heterocycles. The number of aromatic nitrogens is 3. The van der Waals surface area contributed by atoms with E-state index in [4.69, 9.17) is 0 Å². The van der Waals surface area contributed by atoms with E-state index in [1.165, 1.54) is 11.6 Å². The fourth-order valence-electron chi connectivity index (χ4n) is 2.13. The van der Waals surface area contributed by atoms with Crippen molar-refractivity contribution in [1.82, 2.24) is 14.5 Å². The van der Waals surface area contributed by atoms with Crippen LogP contribution >= 0.6 is 0 Å². The van der Waals surface area contributed by atoms with Crippen LogP contribution in [0, 0.1) is 0 Å². The lowest BCUT2D eigenvalue weighted by Gasteiger charge is -2.06. The lowest BCUT2D eigenvalue weighted by molar-refractivity contribution is -0.116. The molecule has 1 amide bonds. The van der Waals surface area contributed by atoms with Gasteiger partial charge in [0.2, 0.25) is 5.91 Å². The number of hydrogen-bond acceptors (Lipinski definition) is 3. The second-order valence-corrected chi connectivity index (χ2v) is 4.46. The Morgan fingerprint density at radius 1 is 1.20 bits per heavy atom. The van der Waals surface area contributed by atoms with Crippen LogP contribution in [0.3, 0.4) is 0 Å². The Hall–Kier alpha value is -2.69. The standard InChI is InChI=1S/C15H14N4O/c20-15(18-14-11-16-7-8-17-14)6-10-19-9-5-12-3-1-2-4-13(12)19/h1-5,7-9,11H,6,10H2,(H,17,18,20). The van der Waals surface area contributed by atoms with E-state index in [9.17, 15) is 4.79 Å². The topological polar surface area (TPSA) is 59.8 Å². The molecule has 0 atom stereocenters. The van der Waals surface area contributed by atoms with Gasteiger partial charge in [0.05, 0.1) is 6.20 Å². The zero-order valence-corrected chi connectivity index (χ0v) is 10.9. The van der Waals surface area contributed by atoms with Crippen LogP contribution in [-0.4, -0.2) is 20.4 Å². The van der Waals surface area contributed by atoms with Crippen molar-refractivity contribution in [2.75, 3.05) is 5.32 Å². The number of carbonyl (C=O) groups excluding carboxylic acids is 1. The molecule has 0 bridgehead atoms. The molecule has 20 heavy (non-hydrogen) atoms. The summed E-state index contributed by atoms with van der Waals surface area (Å²) >= 11 is 0. The van der Waals surface area contributed by atoms with E-state index in [0.29, 0.717) is 18.8 Å². The third-order valence-electron chi connectivity index (χ3n) is 3.09. The normalized spacial score (nSPS) is 10.6. The van der Waals surface area contributed by atoms with E-state index in [2.05, 4.69) is 38.1 Å². The minimum atomic E-state index is -0.0664. The van der Waals surface area contributed by atoms with Crippen molar-refractivity contribution in [3.63, 3.8) is 0 Å². The van der Waals surface area contributed by atoms with Gasteiger partial charge >= 0.3 is 0 Å². The highest BCUT2D eigenvalue weighted by Crippen LogP contribution is 2.15. The van der Waals surface area contributed by atoms with Crippen molar-refractivity contribution >= 4 is 22.6 Å². The Balaban J connectivity index is 1.63. The molecule has 100 valence electrons. The van der Waals surface area contributed by atoms with Crippen LogP contribution in [0.1, 0.15) is 6.42 Å². The van der Waals surface area contributed by atoms with Gasteiger partial charge in [-0.05, 0) is 17.5 Å². The Morgan fingerprint density at radius 2 is 2.10 bits per heavy atom. The molecule has 1 aromatic carbocycles. The number of rotatable bonds is 4. The Bertz CT molecular complexity index is 721. The highest BCUT2D eigenvalue weighted by molar-refractivity contribution is 5.89. The van der Waals surface area contributed by atoms with Crippen molar-refractivity contribution in [2.45, 2.75) is 13.0 Å². The van der Waals surface area contributed by atoms with Crippen LogP contribution < -0.4 is 5.32 Å². The first kappa shape index (κ1) is 12.3. The van der Waals surface area contributed by atoms with Gasteiger partial charge in [0.25, 0.3) is 0 Å². The molecule has 5 nitrogen and oxygen atoms in total. The number of nitrogens with zero attached hydrogens (tertiary/aromatic N) is 3. The number of nitrogens with one attached hydrogen (secondary N) is 1. The average molecular weight is 266 g/mol. The average Bonchev–Trinajstić information content (AvgIpc) is 2.89. The van der Waals surface area contributed by atoms with Gasteiger partial charge in [-0.3, -0.25) is 9.78 Å². The summed E-state index contributed by atoms with van der Waals surface area (Å²) in [6, 6.07) is 10.2. The number of aryl methyl sites for hydroxylation is 1. The Labute approximate surface area is 116 Å². The van der Waals surface area contributed by atoms with Crippen LogP contribution in [0.4, 0.5) is 5.82 Å². The summed E-state index contributed by atoms with van der Waals surface area (Å²) < 4.78 is 2.07. The zero-order chi connectivity index (χ0) is 13.8. The van der Waals surface area contributed by atoms with Gasteiger partial charge in [0, 0.05) is 37.1 Å². The maximum Gasteiger partial charge on any atom is 0.227 e. The second kappa shape index (κ2) is 5.52. The summed E-state index contributed by atoms with van der Waals surface area (Å²) in [7, 11) is 0. The molecule has 0 aliphatic rings. The lowest BCUT2D eigenvalue weighted by atomic mass is 10.2. The van der Waals surface area contributed by atoms with Crippen LogP contribution in [0.5, 0.6) is 0 Å². The number of carbonyl (C=O) groups is 1. The number of amides is 1. The summed E-state index contributed by atoms with van der Waals surface area (Å²) in [5.41, 5.74) is 1.14. The number of hydrogen-bond donors (Lipinski definition) is 1. The third-order valence-corrected chi connectivity index (χ3v) is 3.09. The van der Waals surface area contributed by atoms with Gasteiger partial charge in [0.15, 0.2) is 5.82 Å². The third kappa shape index (κ3) is 2.66. The molecular weight excluding hydrogens is 252 g/mol. The first-order valence-electron chi connectivity index (χ1n) is 6.43. The van der Waals surface area contributed by atoms with Crippen molar-refractivity contribution in [3.8, 4) is 0 Å². The molecule has 0 spiro atoms. The van der Waals surface area contributed by atoms with Gasteiger partial charge in [-0.2, -0.15) is 0 Å². The van der Waals surface area contributed by atoms with E-state index in [1.54, 1.807) is 12.4 Å². The number of fused-ring (bicyclic) bond motifs is 1. The highest BCUT2D eigenvalue weighted by Gasteiger charge is 2.05. The molecular formula is C15H14N4O. The van der Waals surface area contributed by atoms with E-state index in [-0.39, 0.29) is 5.91 Å². The van der Waals surface area contributed by atoms with Gasteiger partial charge in [-0.1, -0.05) is 18.2 Å². The molecule has 3 aromatic rings. The molecule has 0 unspecified atom stereocenters. The Kier molecular flexibility index (Phi) is 3.41. The van der Waals surface area contributed by atoms with E-state index in [1.807, 2.05) is 18.3 Å². The molecule has 5 heteroatoms. The number of para-hydroxylation sites is 1. The maximum atomic E-state index is 11.9. The summed E-state index contributed by atoms with van der Waals surface area (Å²) in [4.78, 5) is 19.8. The Morgan fingerprint density at radius 3 is 2.95 bits per heavy atom. The second-order valence-electron chi connectivity index (χ2n) is 4.46. The van der Waals surface area contributed by atoms with Crippen molar-refractivity contribution in [2.24, 2.45) is 0 Å². The molecule has 3 rings (SSSR count). The first-order valence-corrected chi connectivity index (χ1v) is 6.43. The van der Waals surface area contributed by atoms with Crippen LogP contribution in [-0.2, 0) is 11.3 Å². The molecule has 0 radical (unpaired) electrons. The molecule has 0 aliphatic heterocycles. The quantitative estimate of drug-likeness (QED) is 0.789. The molecule has 1 N–H and O–H groups in total. The molecule has 0 aliphatic carbocycles. The zero-order valence-electron chi connectivity index (χ0n) is 10.9. The van der Waals surface area contributed by atoms with Gasteiger partial charge in [-0.25, -0.2) is 4.98 Å². The first-order chi connectivity index (χ1) is 9.83. The fourth-order valence-corrected chi connectivity index (χ4v) is 2.13. The van der Waals surface area contributed by atoms with Crippen LogP contribution in [0.25, 0.3) is 10.9 Å². The summed E-state index contributed by atoms with van der Waals surface area (Å²) in [5, 5.41) is 3.91. The molecule has 0 fully saturated rings. The van der Waals surface area contributed by atoms with Crippen molar-refractivity contribution in [1.29, 1.82) is 0 Å². The minimum absolute atomic E-state index is 0.0664. The van der Waals surface area contributed by atoms with Crippen LogP contribution in [0.15, 0.2) is 55.1 Å². The summed E-state index contributed by atoms with van der Waals surface area (Å²) in [5.74, 6) is 0.415. The molecule has 0 saturated carbocycles. The number of anilines is 1. The fraction of sp³-hybridized carbons (Fsp3) is 0.133. The van der Waals surface area contributed by atoms with E-state index in [0.717, 1.165) is 5.52 Å². The maximum absolute atomic E-state index is 11.9. The predicted molar refractivity (Wildman–Crippen MR) is 77.2 cm³/mol. The lowest BCUT2D eigenvalue weighted by Crippen LogP contribution is -2.15. The van der Waals surface area contributed by atoms with Gasteiger partial charge in [-0.15, -0.1) is 0 Å². The summed E-state index contributed by atoms with van der Waals surface area (Å²) in [6.07, 6.45) is 7.05. The van der Waals surface area contributed by atoms with Crippen LogP contribution in [0.2, 0.25) is 0 Å². The smallest absolute Gasteiger partial charge is 0.227 e. The van der Waals surface area contributed by atoms with E-state index < -0.39 is 0 Å². The summed E-state index contributed by atoms with van der Waals surface area (Å²) in [6.45, 7) is 0.639. The minimum Gasteiger partial charge on any atom is -0.347 e. The monoisotopic (exact) mass is 266 g/mol. The van der Waals surface area contributed by atoms with Crippen molar-refractivity contribution in [3.05, 3.63) is 55.1 Å². The van der Waals surface area contributed by atoms with Crippen molar-refractivity contribution < 1.29 is 4.79 Å². The largest absolute Gasteiger partial charge is 0.347 e. The highest BCUT2D eigenvalue weighted by atomic mass is 16.1.